The van der Waals surface area contributed by atoms with Gasteiger partial charge >= 0.3 is 5.97 Å². The first-order valence-corrected chi connectivity index (χ1v) is 5.80. The summed E-state index contributed by atoms with van der Waals surface area (Å²) in [5, 5.41) is 3.22. The Bertz CT molecular complexity index is 197. The van der Waals surface area contributed by atoms with E-state index in [-0.39, 0.29) is 5.97 Å². The van der Waals surface area contributed by atoms with E-state index < -0.39 is 0 Å². The Labute approximate surface area is 92.0 Å². The predicted molar refractivity (Wildman–Crippen MR) is 59.8 cm³/mol. The van der Waals surface area contributed by atoms with E-state index in [2.05, 4.69) is 24.2 Å². The molecule has 1 aliphatic rings. The SMILES string of the molecule is CCCCOC(=O)CNC1CCN(C)C1. The Hall–Kier alpha value is -0.610. The van der Waals surface area contributed by atoms with Crippen molar-refractivity contribution in [3.63, 3.8) is 0 Å². The summed E-state index contributed by atoms with van der Waals surface area (Å²) in [4.78, 5) is 13.5. The second-order valence-corrected chi connectivity index (χ2v) is 4.20. The van der Waals surface area contributed by atoms with E-state index >= 15 is 0 Å². The fourth-order valence-electron chi connectivity index (χ4n) is 1.71. The maximum absolute atomic E-state index is 11.3. The highest BCUT2D eigenvalue weighted by molar-refractivity contribution is 5.71. The van der Waals surface area contributed by atoms with Gasteiger partial charge in [0.1, 0.15) is 0 Å². The minimum Gasteiger partial charge on any atom is -0.465 e. The molecule has 1 atom stereocenters. The smallest absolute Gasteiger partial charge is 0.319 e. The van der Waals surface area contributed by atoms with Crippen molar-refractivity contribution in [2.24, 2.45) is 0 Å². The number of nitrogens with zero attached hydrogens (tertiary/aromatic N) is 1. The van der Waals surface area contributed by atoms with Crippen LogP contribution in [0.5, 0.6) is 0 Å². The van der Waals surface area contributed by atoms with Crippen LogP contribution >= 0.6 is 0 Å². The van der Waals surface area contributed by atoms with Crippen molar-refractivity contribution >= 4 is 5.97 Å². The molecule has 0 radical (unpaired) electrons. The molecular formula is C11H22N2O2. The number of hydrogen-bond acceptors (Lipinski definition) is 4. The number of unbranched alkanes of at least 4 members (excludes halogenated alkanes) is 1. The Balaban J connectivity index is 2.01. The zero-order valence-corrected chi connectivity index (χ0v) is 9.79. The summed E-state index contributed by atoms with van der Waals surface area (Å²) in [6, 6.07) is 0.453. The molecule has 0 amide bonds. The lowest BCUT2D eigenvalue weighted by Gasteiger charge is -2.12. The molecule has 0 aromatic heterocycles. The monoisotopic (exact) mass is 214 g/mol. The lowest BCUT2D eigenvalue weighted by molar-refractivity contribution is -0.142. The Morgan fingerprint density at radius 2 is 2.40 bits per heavy atom. The third-order valence-electron chi connectivity index (χ3n) is 2.69. The van der Waals surface area contributed by atoms with Gasteiger partial charge in [-0.05, 0) is 26.4 Å². The number of ether oxygens (including phenoxy) is 1. The Morgan fingerprint density at radius 3 is 3.00 bits per heavy atom. The zero-order valence-electron chi connectivity index (χ0n) is 9.79. The summed E-state index contributed by atoms with van der Waals surface area (Å²) in [5.74, 6) is -0.127. The van der Waals surface area contributed by atoms with Gasteiger partial charge in [-0.1, -0.05) is 13.3 Å². The average Bonchev–Trinajstić information content (AvgIpc) is 2.62. The van der Waals surface area contributed by atoms with Gasteiger partial charge in [-0.2, -0.15) is 0 Å². The standard InChI is InChI=1S/C11H22N2O2/c1-3-4-7-15-11(14)8-12-10-5-6-13(2)9-10/h10,12H,3-9H2,1-2H3. The van der Waals surface area contributed by atoms with E-state index in [9.17, 15) is 4.79 Å². The van der Waals surface area contributed by atoms with Crippen LogP contribution in [0.4, 0.5) is 0 Å². The summed E-state index contributed by atoms with van der Waals surface area (Å²) in [6.07, 6.45) is 3.14. The van der Waals surface area contributed by atoms with Crippen molar-refractivity contribution in [2.75, 3.05) is 33.3 Å². The van der Waals surface area contributed by atoms with Crippen LogP contribution in [0.3, 0.4) is 0 Å². The third-order valence-corrected chi connectivity index (χ3v) is 2.69. The van der Waals surface area contributed by atoms with Crippen molar-refractivity contribution in [3.8, 4) is 0 Å². The van der Waals surface area contributed by atoms with Gasteiger partial charge in [0, 0.05) is 12.6 Å². The minimum absolute atomic E-state index is 0.127. The number of likely N-dealkylation sites (N-methyl/N-ethyl adjacent to an activating group) is 1. The molecule has 1 unspecified atom stereocenters. The topological polar surface area (TPSA) is 41.6 Å². The Morgan fingerprint density at radius 1 is 1.60 bits per heavy atom. The van der Waals surface area contributed by atoms with Crippen LogP contribution in [0, 0.1) is 0 Å². The molecular weight excluding hydrogens is 192 g/mol. The van der Waals surface area contributed by atoms with Crippen LogP contribution in [0.2, 0.25) is 0 Å². The highest BCUT2D eigenvalue weighted by atomic mass is 16.5. The number of carbonyl (C=O) groups excluding carboxylic acids is 1. The van der Waals surface area contributed by atoms with Crippen molar-refractivity contribution in [3.05, 3.63) is 0 Å². The van der Waals surface area contributed by atoms with Crippen LogP contribution in [-0.4, -0.2) is 50.2 Å². The quantitative estimate of drug-likeness (QED) is 0.520. The van der Waals surface area contributed by atoms with Crippen molar-refractivity contribution in [1.29, 1.82) is 0 Å². The summed E-state index contributed by atoms with van der Waals surface area (Å²) < 4.78 is 5.05. The number of likely N-dealkylation sites (tertiary alicyclic amines) is 1. The zero-order chi connectivity index (χ0) is 11.1. The summed E-state index contributed by atoms with van der Waals surface area (Å²) in [5.41, 5.74) is 0. The predicted octanol–water partition coefficient (Wildman–Crippen LogP) is 0.623. The van der Waals surface area contributed by atoms with Crippen LogP contribution in [0.1, 0.15) is 26.2 Å². The lowest BCUT2D eigenvalue weighted by atomic mass is 10.2. The van der Waals surface area contributed by atoms with Crippen LogP contribution < -0.4 is 5.32 Å². The van der Waals surface area contributed by atoms with Crippen molar-refractivity contribution in [2.45, 2.75) is 32.2 Å². The van der Waals surface area contributed by atoms with Gasteiger partial charge in [-0.3, -0.25) is 4.79 Å². The van der Waals surface area contributed by atoms with Crippen LogP contribution in [-0.2, 0) is 9.53 Å². The van der Waals surface area contributed by atoms with Gasteiger partial charge in [0.05, 0.1) is 13.2 Å². The first-order chi connectivity index (χ1) is 7.22. The van der Waals surface area contributed by atoms with Gasteiger partial charge in [-0.25, -0.2) is 0 Å². The molecule has 0 bridgehead atoms. The molecule has 0 spiro atoms. The number of esters is 1. The normalized spacial score (nSPS) is 21.9. The fraction of sp³-hybridized carbons (Fsp3) is 0.909. The number of rotatable bonds is 6. The Kier molecular flexibility index (Phi) is 5.65. The van der Waals surface area contributed by atoms with Gasteiger partial charge in [0.2, 0.25) is 0 Å². The third kappa shape index (κ3) is 5.14. The van der Waals surface area contributed by atoms with Crippen molar-refractivity contribution < 1.29 is 9.53 Å². The minimum atomic E-state index is -0.127. The number of nitrogens with one attached hydrogen (secondary N) is 1. The number of carbonyl (C=O) groups is 1. The average molecular weight is 214 g/mol. The van der Waals surface area contributed by atoms with E-state index in [4.69, 9.17) is 4.74 Å². The van der Waals surface area contributed by atoms with E-state index in [1.54, 1.807) is 0 Å². The van der Waals surface area contributed by atoms with E-state index in [1.165, 1.54) is 0 Å². The molecule has 1 aliphatic heterocycles. The van der Waals surface area contributed by atoms with E-state index in [0.717, 1.165) is 32.4 Å². The highest BCUT2D eigenvalue weighted by Crippen LogP contribution is 2.05. The molecule has 1 saturated heterocycles. The van der Waals surface area contributed by atoms with Gasteiger partial charge in [0.25, 0.3) is 0 Å². The molecule has 0 aromatic carbocycles. The van der Waals surface area contributed by atoms with E-state index in [1.807, 2.05) is 0 Å². The lowest BCUT2D eigenvalue weighted by Crippen LogP contribution is -2.36. The molecule has 0 saturated carbocycles. The second kappa shape index (κ2) is 6.80. The first-order valence-electron chi connectivity index (χ1n) is 5.80. The first kappa shape index (κ1) is 12.5. The van der Waals surface area contributed by atoms with E-state index in [0.29, 0.717) is 19.2 Å². The van der Waals surface area contributed by atoms with Crippen LogP contribution in [0.15, 0.2) is 0 Å². The molecule has 88 valence electrons. The van der Waals surface area contributed by atoms with Gasteiger partial charge in [-0.15, -0.1) is 0 Å². The molecule has 1 heterocycles. The van der Waals surface area contributed by atoms with Crippen LogP contribution in [0.25, 0.3) is 0 Å². The molecule has 4 heteroatoms. The summed E-state index contributed by atoms with van der Waals surface area (Å²) in [7, 11) is 2.10. The maximum Gasteiger partial charge on any atom is 0.319 e. The highest BCUT2D eigenvalue weighted by Gasteiger charge is 2.19. The molecule has 1 fully saturated rings. The number of hydrogen-bond donors (Lipinski definition) is 1. The summed E-state index contributed by atoms with van der Waals surface area (Å²) in [6.45, 7) is 5.13. The molecule has 1 rings (SSSR count). The molecule has 0 aromatic rings. The molecule has 1 N–H and O–H groups in total. The van der Waals surface area contributed by atoms with Crippen molar-refractivity contribution in [1.82, 2.24) is 10.2 Å². The summed E-state index contributed by atoms with van der Waals surface area (Å²) >= 11 is 0. The molecule has 4 nitrogen and oxygen atoms in total. The van der Waals surface area contributed by atoms with Gasteiger partial charge in [0.15, 0.2) is 0 Å². The largest absolute Gasteiger partial charge is 0.465 e. The maximum atomic E-state index is 11.3. The molecule has 0 aliphatic carbocycles. The molecule has 15 heavy (non-hydrogen) atoms. The van der Waals surface area contributed by atoms with Gasteiger partial charge < -0.3 is 15.0 Å². The fourth-order valence-corrected chi connectivity index (χ4v) is 1.71. The second-order valence-electron chi connectivity index (χ2n) is 4.20.